The number of nitrogens with two attached hydrogens (primary N) is 2. The van der Waals surface area contributed by atoms with E-state index in [0.29, 0.717) is 13.1 Å². The Morgan fingerprint density at radius 3 is 2.86 bits per heavy atom. The lowest BCUT2D eigenvalue weighted by atomic mass is 10.1. The van der Waals surface area contributed by atoms with Gasteiger partial charge in [0.05, 0.1) is 12.6 Å². The average molecular weight is 328 g/mol. The Bertz CT molecular complexity index is 555. The Hall–Kier alpha value is -1.78. The molecule has 10 heteroatoms. The molecule has 4 N–H and O–H groups in total. The first-order chi connectivity index (χ1) is 10.1. The number of thiol groups is 1. The highest BCUT2D eigenvalue weighted by Gasteiger charge is 2.41. The minimum atomic E-state index is -0.136. The van der Waals surface area contributed by atoms with Crippen LogP contribution in [0.5, 0.6) is 0 Å². The quantitative estimate of drug-likeness (QED) is 0.313. The zero-order valence-corrected chi connectivity index (χ0v) is 13.1. The number of rotatable bonds is 2. The van der Waals surface area contributed by atoms with Crippen LogP contribution in [-0.4, -0.2) is 53.1 Å². The number of thiazole rings is 1. The smallest absolute Gasteiger partial charge is 0.345 e. The fraction of sp³-hybridized carbons (Fsp3) is 0.364. The van der Waals surface area contributed by atoms with Gasteiger partial charge in [-0.15, -0.1) is 11.3 Å². The highest BCUT2D eigenvalue weighted by Crippen LogP contribution is 2.30. The van der Waals surface area contributed by atoms with Crippen LogP contribution in [0.3, 0.4) is 0 Å². The molecule has 1 aromatic heterocycles. The lowest BCUT2D eigenvalue weighted by molar-refractivity contribution is 0.0111. The number of amides is 2. The van der Waals surface area contributed by atoms with Crippen molar-refractivity contribution < 1.29 is 9.08 Å². The molecule has 21 heavy (non-hydrogen) atoms. The van der Waals surface area contributed by atoms with Crippen molar-refractivity contribution in [3.63, 3.8) is 0 Å². The van der Waals surface area contributed by atoms with Crippen molar-refractivity contribution in [2.45, 2.75) is 6.04 Å². The van der Waals surface area contributed by atoms with Crippen LogP contribution >= 0.6 is 24.2 Å². The molecule has 1 atom stereocenters. The van der Waals surface area contributed by atoms with Crippen LogP contribution in [0.25, 0.3) is 5.57 Å². The van der Waals surface area contributed by atoms with Gasteiger partial charge in [-0.3, -0.25) is 4.99 Å². The van der Waals surface area contributed by atoms with Crippen molar-refractivity contribution >= 4 is 41.8 Å². The molecule has 1 unspecified atom stereocenters. The normalized spacial score (nSPS) is 19.8. The van der Waals surface area contributed by atoms with Crippen LogP contribution < -0.4 is 11.5 Å². The molecule has 2 aliphatic heterocycles. The second kappa shape index (κ2) is 6.78. The number of hydrogen-bond donors (Lipinski definition) is 3. The van der Waals surface area contributed by atoms with Gasteiger partial charge in [0.1, 0.15) is 5.01 Å². The van der Waals surface area contributed by atoms with Gasteiger partial charge in [-0.05, 0) is 6.08 Å². The molecule has 1 aromatic rings. The van der Waals surface area contributed by atoms with Crippen molar-refractivity contribution in [2.24, 2.45) is 16.5 Å². The van der Waals surface area contributed by atoms with E-state index in [1.54, 1.807) is 22.4 Å². The zero-order valence-electron chi connectivity index (χ0n) is 11.3. The fourth-order valence-corrected chi connectivity index (χ4v) is 2.87. The molecule has 8 nitrogen and oxygen atoms in total. The maximum absolute atomic E-state index is 11.8. The first kappa shape index (κ1) is 15.6. The molecule has 114 valence electrons. The number of carbonyl (C=O) groups is 1. The van der Waals surface area contributed by atoms with Crippen molar-refractivity contribution in [2.75, 3.05) is 20.1 Å². The molecule has 2 bridgehead atoms. The van der Waals surface area contributed by atoms with Crippen LogP contribution in [0, 0.1) is 0 Å². The topological polar surface area (TPSA) is 110 Å². The summed E-state index contributed by atoms with van der Waals surface area (Å²) in [5, 5.41) is 4.17. The van der Waals surface area contributed by atoms with Crippen LogP contribution in [0.1, 0.15) is 5.01 Å². The second-order valence-electron chi connectivity index (χ2n) is 4.32. The van der Waals surface area contributed by atoms with Gasteiger partial charge in [-0.25, -0.2) is 14.1 Å². The Kier molecular flexibility index (Phi) is 5.04. The number of fused-ring (bicyclic) bond motifs is 2. The van der Waals surface area contributed by atoms with Gasteiger partial charge in [-0.1, -0.05) is 0 Å². The average Bonchev–Trinajstić information content (AvgIpc) is 3.08. The predicted molar refractivity (Wildman–Crippen MR) is 84.5 cm³/mol. The molecule has 2 amide bonds. The highest BCUT2D eigenvalue weighted by atomic mass is 32.1. The van der Waals surface area contributed by atoms with Crippen LogP contribution in [-0.2, 0) is 4.28 Å². The van der Waals surface area contributed by atoms with E-state index in [-0.39, 0.29) is 18.0 Å². The van der Waals surface area contributed by atoms with E-state index < -0.39 is 0 Å². The maximum Gasteiger partial charge on any atom is 0.345 e. The van der Waals surface area contributed by atoms with Gasteiger partial charge in [0.2, 0.25) is 0 Å². The molecule has 1 fully saturated rings. The van der Waals surface area contributed by atoms with E-state index in [1.165, 1.54) is 12.1 Å². The molecular formula is C11H16N6O2S2. The monoisotopic (exact) mass is 328 g/mol. The van der Waals surface area contributed by atoms with E-state index in [2.05, 4.69) is 22.9 Å². The summed E-state index contributed by atoms with van der Waals surface area (Å²) in [5.74, 6) is 0.130. The molecule has 1 saturated heterocycles. The number of guanidine groups is 1. The van der Waals surface area contributed by atoms with Crippen molar-refractivity contribution in [3.05, 3.63) is 22.7 Å². The first-order valence-corrected chi connectivity index (χ1v) is 7.29. The van der Waals surface area contributed by atoms with E-state index in [1.807, 2.05) is 11.5 Å². The largest absolute Gasteiger partial charge is 0.370 e. The third-order valence-corrected chi connectivity index (χ3v) is 4.00. The van der Waals surface area contributed by atoms with E-state index in [4.69, 9.17) is 15.8 Å². The molecule has 0 saturated carbocycles. The second-order valence-corrected chi connectivity index (χ2v) is 5.37. The zero-order chi connectivity index (χ0) is 15.4. The summed E-state index contributed by atoms with van der Waals surface area (Å²) in [6.07, 6.45) is 3.79. The van der Waals surface area contributed by atoms with Gasteiger partial charge >= 0.3 is 6.03 Å². The molecular weight excluding hydrogens is 312 g/mol. The third-order valence-electron chi connectivity index (χ3n) is 2.98. The number of aliphatic imine (C=N–C) groups is 1. The molecule has 3 rings (SSSR count). The highest BCUT2D eigenvalue weighted by molar-refractivity contribution is 7.75. The van der Waals surface area contributed by atoms with Gasteiger partial charge in [0.15, 0.2) is 5.96 Å². The summed E-state index contributed by atoms with van der Waals surface area (Å²) in [7, 11) is 1.54. The Morgan fingerprint density at radius 1 is 1.62 bits per heavy atom. The number of hydrogen-bond acceptors (Lipinski definition) is 6. The lowest BCUT2D eigenvalue weighted by Crippen LogP contribution is -2.30. The van der Waals surface area contributed by atoms with Crippen LogP contribution in [0.4, 0.5) is 4.79 Å². The molecule has 3 heterocycles. The summed E-state index contributed by atoms with van der Waals surface area (Å²) < 4.78 is 4.78. The number of nitrogens with zero attached hydrogens (tertiary/aromatic N) is 4. The van der Waals surface area contributed by atoms with Crippen LogP contribution in [0.15, 0.2) is 22.6 Å². The predicted octanol–water partition coefficient (Wildman–Crippen LogP) is 0.312. The standard InChI is InChI=1S/C9H9N3O2S2.C2H7N3/c13-9-11-4-6(8-10-1-2-16-8)3-7(5-11)12(9)14-15;1-5-2(3)4/h1-3,7,15H,4-5H2;1H3,(H4,3,4,5). The van der Waals surface area contributed by atoms with E-state index in [0.717, 1.165) is 10.6 Å². The molecule has 0 aromatic carbocycles. The van der Waals surface area contributed by atoms with Gasteiger partial charge in [0, 0.05) is 43.7 Å². The first-order valence-electron chi connectivity index (χ1n) is 6.04. The number of carbonyl (C=O) groups excluding carboxylic acids is 1. The van der Waals surface area contributed by atoms with E-state index in [9.17, 15) is 4.79 Å². The Labute approximate surface area is 131 Å². The summed E-state index contributed by atoms with van der Waals surface area (Å²) in [4.78, 5) is 21.1. The van der Waals surface area contributed by atoms with Gasteiger partial charge in [-0.2, -0.15) is 5.06 Å². The van der Waals surface area contributed by atoms with Crippen molar-refractivity contribution in [3.8, 4) is 0 Å². The number of urea groups is 1. The molecule has 0 aliphatic carbocycles. The SMILES string of the molecule is CN=C(N)N.O=C1N2CC(c3nccs3)=CC(C2)N1OS. The molecule has 2 aliphatic rings. The fourth-order valence-electron chi connectivity index (χ4n) is 2.02. The lowest BCUT2D eigenvalue weighted by Gasteiger charge is -2.19. The van der Waals surface area contributed by atoms with Gasteiger partial charge < -0.3 is 16.4 Å². The summed E-state index contributed by atoms with van der Waals surface area (Å²) in [6.45, 7) is 1.25. The summed E-state index contributed by atoms with van der Waals surface area (Å²) in [5.41, 5.74) is 10.7. The minimum Gasteiger partial charge on any atom is -0.370 e. The Balaban J connectivity index is 0.000000282. The van der Waals surface area contributed by atoms with E-state index >= 15 is 0 Å². The Morgan fingerprint density at radius 2 is 2.33 bits per heavy atom. The summed E-state index contributed by atoms with van der Waals surface area (Å²) in [6, 6.07) is -0.194. The summed E-state index contributed by atoms with van der Waals surface area (Å²) >= 11 is 5.27. The van der Waals surface area contributed by atoms with Crippen molar-refractivity contribution in [1.29, 1.82) is 0 Å². The van der Waals surface area contributed by atoms with Gasteiger partial charge in [0.25, 0.3) is 0 Å². The van der Waals surface area contributed by atoms with Crippen LogP contribution in [0.2, 0.25) is 0 Å². The number of hydroxylamine groups is 2. The molecule has 0 spiro atoms. The van der Waals surface area contributed by atoms with Crippen molar-refractivity contribution in [1.82, 2.24) is 14.9 Å². The molecule has 0 radical (unpaired) electrons. The minimum absolute atomic E-state index is 0.0577. The number of aromatic nitrogens is 1. The maximum atomic E-state index is 11.8. The third kappa shape index (κ3) is 3.46.